The number of alkyl halides is 3. The first-order valence-electron chi connectivity index (χ1n) is 6.26. The molecular weight excluding hydrogens is 255 g/mol. The Hall–Kier alpha value is -1.11. The average molecular weight is 275 g/mol. The number of rotatable bonds is 7. The van der Waals surface area contributed by atoms with Gasteiger partial charge in [-0.2, -0.15) is 13.2 Å². The lowest BCUT2D eigenvalue weighted by molar-refractivity contribution is -0.138. The van der Waals surface area contributed by atoms with Crippen molar-refractivity contribution in [3.05, 3.63) is 35.4 Å². The summed E-state index contributed by atoms with van der Waals surface area (Å²) in [5.41, 5.74) is 5.49. The molecule has 0 fully saturated rings. The minimum atomic E-state index is -4.32. The van der Waals surface area contributed by atoms with Crippen LogP contribution in [0.2, 0.25) is 0 Å². The van der Waals surface area contributed by atoms with Crippen LogP contribution in [0.25, 0.3) is 0 Å². The zero-order valence-electron chi connectivity index (χ0n) is 11.1. The fraction of sp³-hybridized carbons (Fsp3) is 0.538. The van der Waals surface area contributed by atoms with Crippen LogP contribution < -0.4 is 16.2 Å². The van der Waals surface area contributed by atoms with Crippen LogP contribution in [-0.4, -0.2) is 20.1 Å². The Morgan fingerprint density at radius 3 is 2.47 bits per heavy atom. The summed E-state index contributed by atoms with van der Waals surface area (Å²) in [5, 5.41) is 3.00. The van der Waals surface area contributed by atoms with Gasteiger partial charge in [-0.05, 0) is 38.6 Å². The topological polar surface area (TPSA) is 36.1 Å². The van der Waals surface area contributed by atoms with Crippen LogP contribution >= 0.6 is 0 Å². The van der Waals surface area contributed by atoms with Crippen LogP contribution in [0, 0.1) is 0 Å². The number of hydrogen-bond acceptors (Lipinski definition) is 3. The Morgan fingerprint density at radius 2 is 1.84 bits per heavy atom. The average Bonchev–Trinajstić information content (AvgIpc) is 2.37. The Labute approximate surface area is 111 Å². The monoisotopic (exact) mass is 275 g/mol. The molecule has 3 nitrogen and oxygen atoms in total. The number of hydrazine groups is 1. The number of hydrogen-bond donors (Lipinski definition) is 3. The maximum absolute atomic E-state index is 12.8. The van der Waals surface area contributed by atoms with Crippen LogP contribution in [0.4, 0.5) is 13.2 Å². The van der Waals surface area contributed by atoms with Crippen LogP contribution in [0.3, 0.4) is 0 Å². The predicted octanol–water partition coefficient (Wildman–Crippen LogP) is 2.47. The first-order chi connectivity index (χ1) is 8.96. The first-order valence-corrected chi connectivity index (χ1v) is 6.26. The molecule has 108 valence electrons. The van der Waals surface area contributed by atoms with E-state index in [9.17, 15) is 13.2 Å². The van der Waals surface area contributed by atoms with Crippen molar-refractivity contribution in [2.24, 2.45) is 0 Å². The van der Waals surface area contributed by atoms with E-state index < -0.39 is 17.8 Å². The molecule has 0 heterocycles. The molecule has 3 N–H and O–H groups in total. The summed E-state index contributed by atoms with van der Waals surface area (Å²) in [6, 6.07) is 5.21. The summed E-state index contributed by atoms with van der Waals surface area (Å²) in [5.74, 6) is 0. The second-order valence-corrected chi connectivity index (χ2v) is 4.33. The van der Waals surface area contributed by atoms with E-state index in [1.807, 2.05) is 7.05 Å². The molecular formula is C13H20F3N3. The highest BCUT2D eigenvalue weighted by atomic mass is 19.4. The van der Waals surface area contributed by atoms with Crippen molar-refractivity contribution in [2.45, 2.75) is 25.6 Å². The highest BCUT2D eigenvalue weighted by Crippen LogP contribution is 2.34. The normalized spacial score (nSPS) is 13.5. The third-order valence-corrected chi connectivity index (χ3v) is 2.78. The van der Waals surface area contributed by atoms with E-state index in [2.05, 4.69) is 16.2 Å². The molecule has 0 spiro atoms. The molecule has 6 heteroatoms. The summed E-state index contributed by atoms with van der Waals surface area (Å²) < 4.78 is 38.5. The molecule has 0 aromatic heterocycles. The Morgan fingerprint density at radius 1 is 1.16 bits per heavy atom. The summed E-state index contributed by atoms with van der Waals surface area (Å²) in [7, 11) is 1.86. The number of benzene rings is 1. The highest BCUT2D eigenvalue weighted by molar-refractivity contribution is 5.31. The lowest BCUT2D eigenvalue weighted by atomic mass is 10.0. The van der Waals surface area contributed by atoms with Gasteiger partial charge < -0.3 is 5.32 Å². The van der Waals surface area contributed by atoms with Crippen LogP contribution in [-0.2, 0) is 6.18 Å². The smallest absolute Gasteiger partial charge is 0.320 e. The second-order valence-electron chi connectivity index (χ2n) is 4.33. The number of halogens is 3. The lowest BCUT2D eigenvalue weighted by Gasteiger charge is -2.20. The van der Waals surface area contributed by atoms with Crippen LogP contribution in [0.5, 0.6) is 0 Å². The molecule has 0 saturated heterocycles. The van der Waals surface area contributed by atoms with E-state index in [1.54, 1.807) is 13.0 Å². The molecule has 1 unspecified atom stereocenters. The molecule has 1 atom stereocenters. The zero-order valence-corrected chi connectivity index (χ0v) is 11.1. The van der Waals surface area contributed by atoms with Crippen LogP contribution in [0.1, 0.15) is 30.5 Å². The van der Waals surface area contributed by atoms with Gasteiger partial charge in [0, 0.05) is 12.6 Å². The van der Waals surface area contributed by atoms with E-state index in [0.717, 1.165) is 19.0 Å². The van der Waals surface area contributed by atoms with Gasteiger partial charge in [-0.15, -0.1) is 0 Å². The predicted molar refractivity (Wildman–Crippen MR) is 69.5 cm³/mol. The molecule has 1 rings (SSSR count). The van der Waals surface area contributed by atoms with Gasteiger partial charge in [0.2, 0.25) is 0 Å². The van der Waals surface area contributed by atoms with Gasteiger partial charge in [0.15, 0.2) is 0 Å². The highest BCUT2D eigenvalue weighted by Gasteiger charge is 2.33. The van der Waals surface area contributed by atoms with Gasteiger partial charge in [0.1, 0.15) is 0 Å². The summed E-state index contributed by atoms with van der Waals surface area (Å²) in [4.78, 5) is 0. The molecule has 0 aliphatic rings. The van der Waals surface area contributed by atoms with Gasteiger partial charge in [-0.25, -0.2) is 0 Å². The second kappa shape index (κ2) is 7.47. The van der Waals surface area contributed by atoms with Crippen LogP contribution in [0.15, 0.2) is 24.3 Å². The molecule has 0 bridgehead atoms. The Kier molecular flexibility index (Phi) is 6.27. The number of nitrogens with one attached hydrogen (secondary N) is 3. The van der Waals surface area contributed by atoms with Crippen molar-refractivity contribution < 1.29 is 13.2 Å². The van der Waals surface area contributed by atoms with Gasteiger partial charge >= 0.3 is 6.18 Å². The molecule has 0 amide bonds. The SMILES string of the molecule is CNCCCNNC(C)c1ccccc1C(F)(F)F. The molecule has 0 saturated carbocycles. The van der Waals surface area contributed by atoms with E-state index in [4.69, 9.17) is 0 Å². The Balaban J connectivity index is 2.59. The van der Waals surface area contributed by atoms with Gasteiger partial charge in [-0.1, -0.05) is 18.2 Å². The minimum Gasteiger partial charge on any atom is -0.320 e. The third-order valence-electron chi connectivity index (χ3n) is 2.78. The van der Waals surface area contributed by atoms with Crippen molar-refractivity contribution in [1.29, 1.82) is 0 Å². The minimum absolute atomic E-state index is 0.246. The standard InChI is InChI=1S/C13H20F3N3/c1-10(19-18-9-5-8-17-2)11-6-3-4-7-12(11)13(14,15)16/h3-4,6-7,10,17-19H,5,8-9H2,1-2H3. The van der Waals surface area contributed by atoms with Crippen molar-refractivity contribution >= 4 is 0 Å². The summed E-state index contributed by atoms with van der Waals surface area (Å²) >= 11 is 0. The van der Waals surface area contributed by atoms with E-state index >= 15 is 0 Å². The molecule has 0 aliphatic carbocycles. The molecule has 19 heavy (non-hydrogen) atoms. The Bertz CT molecular complexity index is 380. The van der Waals surface area contributed by atoms with Gasteiger partial charge in [-0.3, -0.25) is 10.9 Å². The van der Waals surface area contributed by atoms with E-state index in [-0.39, 0.29) is 5.56 Å². The molecule has 0 radical (unpaired) electrons. The fourth-order valence-corrected chi connectivity index (χ4v) is 1.79. The van der Waals surface area contributed by atoms with Crippen molar-refractivity contribution in [1.82, 2.24) is 16.2 Å². The molecule has 1 aromatic rings. The molecule has 0 aliphatic heterocycles. The van der Waals surface area contributed by atoms with Gasteiger partial charge in [0.05, 0.1) is 5.56 Å². The van der Waals surface area contributed by atoms with E-state index in [0.29, 0.717) is 6.54 Å². The van der Waals surface area contributed by atoms with Crippen molar-refractivity contribution in [3.63, 3.8) is 0 Å². The van der Waals surface area contributed by atoms with Gasteiger partial charge in [0.25, 0.3) is 0 Å². The maximum atomic E-state index is 12.8. The van der Waals surface area contributed by atoms with Crippen molar-refractivity contribution in [2.75, 3.05) is 20.1 Å². The first kappa shape index (κ1) is 15.9. The largest absolute Gasteiger partial charge is 0.416 e. The maximum Gasteiger partial charge on any atom is 0.416 e. The fourth-order valence-electron chi connectivity index (χ4n) is 1.79. The summed E-state index contributed by atoms with van der Waals surface area (Å²) in [6.45, 7) is 3.26. The quantitative estimate of drug-likeness (QED) is 0.528. The molecule has 1 aromatic carbocycles. The van der Waals surface area contributed by atoms with Crippen molar-refractivity contribution in [3.8, 4) is 0 Å². The lowest BCUT2D eigenvalue weighted by Crippen LogP contribution is -2.36. The zero-order chi connectivity index (χ0) is 14.3. The van der Waals surface area contributed by atoms with E-state index in [1.165, 1.54) is 12.1 Å². The summed E-state index contributed by atoms with van der Waals surface area (Å²) in [6.07, 6.45) is -3.42. The third kappa shape index (κ3) is 5.18.